The number of ketones is 2. The Balaban J connectivity index is 1.71. The maximum absolute atomic E-state index is 14.1. The zero-order valence-corrected chi connectivity index (χ0v) is 21.5. The van der Waals surface area contributed by atoms with Crippen LogP contribution in [0.4, 0.5) is 4.39 Å². The van der Waals surface area contributed by atoms with Crippen LogP contribution in [0, 0.1) is 23.6 Å². The SMILES string of the molecule is CN(C)[C@@H]1C(O)C(C(N)=O)C(=O)[C@@]2(O)C(O)=C3C(=O)c4c(O)ccc(-c5ccc(F)c(C(=O)O)c5)c4CC3CC12. The minimum Gasteiger partial charge on any atom is -0.508 e. The molecule has 2 aromatic carbocycles. The second kappa shape index (κ2) is 9.22. The van der Waals surface area contributed by atoms with Crippen LogP contribution in [-0.2, 0) is 16.0 Å². The van der Waals surface area contributed by atoms with Gasteiger partial charge in [-0.15, -0.1) is 0 Å². The molecule has 12 heteroatoms. The van der Waals surface area contributed by atoms with E-state index in [4.69, 9.17) is 5.73 Å². The van der Waals surface area contributed by atoms with E-state index in [0.717, 1.165) is 12.1 Å². The van der Waals surface area contributed by atoms with Gasteiger partial charge in [0.1, 0.15) is 23.2 Å². The number of carbonyl (C=O) groups excluding carboxylic acids is 3. The lowest BCUT2D eigenvalue weighted by molar-refractivity contribution is -0.178. The Morgan fingerprint density at radius 1 is 1.12 bits per heavy atom. The zero-order valence-electron chi connectivity index (χ0n) is 21.5. The number of aliphatic hydroxyl groups excluding tert-OH is 2. The Kier molecular flexibility index (Phi) is 6.32. The topological polar surface area (TPSA) is 199 Å². The Labute approximate surface area is 227 Å². The number of aromatic hydroxyl groups is 1. The van der Waals surface area contributed by atoms with Gasteiger partial charge in [-0.3, -0.25) is 14.4 Å². The highest BCUT2D eigenvalue weighted by atomic mass is 19.1. The first kappa shape index (κ1) is 27.4. The summed E-state index contributed by atoms with van der Waals surface area (Å²) in [5, 5.41) is 54.0. The number of aliphatic hydroxyl groups is 3. The lowest BCUT2D eigenvalue weighted by atomic mass is 9.55. The van der Waals surface area contributed by atoms with E-state index in [0.29, 0.717) is 11.1 Å². The number of fused-ring (bicyclic) bond motifs is 3. The summed E-state index contributed by atoms with van der Waals surface area (Å²) in [5.41, 5.74) is 2.48. The van der Waals surface area contributed by atoms with Crippen LogP contribution in [0.2, 0.25) is 0 Å². The van der Waals surface area contributed by atoms with Crippen LogP contribution in [0.1, 0.15) is 32.7 Å². The number of benzene rings is 2. The van der Waals surface area contributed by atoms with Crippen molar-refractivity contribution in [2.24, 2.45) is 23.5 Å². The highest BCUT2D eigenvalue weighted by Gasteiger charge is 2.66. The van der Waals surface area contributed by atoms with Crippen LogP contribution in [-0.4, -0.2) is 85.7 Å². The van der Waals surface area contributed by atoms with Gasteiger partial charge in [-0.25, -0.2) is 9.18 Å². The van der Waals surface area contributed by atoms with Crippen LogP contribution in [0.15, 0.2) is 41.7 Å². The van der Waals surface area contributed by atoms with Crippen molar-refractivity contribution in [2.75, 3.05) is 14.1 Å². The lowest BCUT2D eigenvalue weighted by Crippen LogP contribution is -2.71. The molecule has 11 nitrogen and oxygen atoms in total. The third kappa shape index (κ3) is 3.67. The van der Waals surface area contributed by atoms with Gasteiger partial charge in [-0.1, -0.05) is 12.1 Å². The molecule has 5 rings (SSSR count). The van der Waals surface area contributed by atoms with Crippen molar-refractivity contribution >= 4 is 23.4 Å². The third-order valence-electron chi connectivity index (χ3n) is 8.48. The van der Waals surface area contributed by atoms with Gasteiger partial charge >= 0.3 is 5.97 Å². The molecular weight excluding hydrogens is 527 g/mol. The Bertz CT molecular complexity index is 1530. The summed E-state index contributed by atoms with van der Waals surface area (Å²) in [7, 11) is 3.12. The number of rotatable bonds is 4. The normalized spacial score (nSPS) is 29.6. The van der Waals surface area contributed by atoms with Crippen LogP contribution in [0.5, 0.6) is 5.75 Å². The molecule has 3 aliphatic rings. The average Bonchev–Trinajstić information content (AvgIpc) is 2.86. The highest BCUT2D eigenvalue weighted by Crippen LogP contribution is 2.53. The van der Waals surface area contributed by atoms with Crippen molar-refractivity contribution in [3.8, 4) is 16.9 Å². The minimum atomic E-state index is -2.70. The molecule has 1 fully saturated rings. The van der Waals surface area contributed by atoms with Crippen molar-refractivity contribution in [1.29, 1.82) is 0 Å². The number of carboxylic acids is 1. The zero-order chi connectivity index (χ0) is 29.4. The number of nitrogens with zero attached hydrogens (tertiary/aromatic N) is 1. The van der Waals surface area contributed by atoms with Gasteiger partial charge in [-0.2, -0.15) is 0 Å². The number of aromatic carboxylic acids is 1. The van der Waals surface area contributed by atoms with Crippen LogP contribution >= 0.6 is 0 Å². The number of carbonyl (C=O) groups is 4. The fourth-order valence-electron chi connectivity index (χ4n) is 6.73. The van der Waals surface area contributed by atoms with Gasteiger partial charge in [-0.05, 0) is 67.7 Å². The number of primary amides is 1. The molecule has 40 heavy (non-hydrogen) atoms. The fraction of sp³-hybridized carbons (Fsp3) is 0.357. The van der Waals surface area contributed by atoms with Gasteiger partial charge < -0.3 is 36.2 Å². The number of hydrogen-bond donors (Lipinski definition) is 6. The molecule has 7 N–H and O–H groups in total. The molecule has 3 aliphatic carbocycles. The summed E-state index contributed by atoms with van der Waals surface area (Å²) in [6, 6.07) is 5.07. The number of phenolic OH excluding ortho intramolecular Hbond substituents is 1. The van der Waals surface area contributed by atoms with E-state index in [2.05, 4.69) is 0 Å². The predicted molar refractivity (Wildman–Crippen MR) is 136 cm³/mol. The maximum Gasteiger partial charge on any atom is 0.338 e. The molecule has 4 unspecified atom stereocenters. The monoisotopic (exact) mass is 554 g/mol. The molecular formula is C28H27FN2O9. The number of carboxylic acid groups (broad SMARTS) is 1. The molecule has 1 saturated carbocycles. The molecule has 0 bridgehead atoms. The number of nitrogens with two attached hydrogens (primary N) is 1. The van der Waals surface area contributed by atoms with E-state index < -0.39 is 81.8 Å². The third-order valence-corrected chi connectivity index (χ3v) is 8.48. The van der Waals surface area contributed by atoms with Crippen LogP contribution in [0.25, 0.3) is 11.1 Å². The van der Waals surface area contributed by atoms with Crippen LogP contribution in [0.3, 0.4) is 0 Å². The highest BCUT2D eigenvalue weighted by molar-refractivity contribution is 6.16. The van der Waals surface area contributed by atoms with Crippen LogP contribution < -0.4 is 5.73 Å². The first-order valence-corrected chi connectivity index (χ1v) is 12.5. The molecule has 6 atom stereocenters. The number of Topliss-reactive ketones (excluding diaryl/α,β-unsaturated/α-hetero) is 2. The first-order valence-electron chi connectivity index (χ1n) is 12.5. The van der Waals surface area contributed by atoms with E-state index in [1.165, 1.54) is 23.1 Å². The number of allylic oxidation sites excluding steroid dienone is 1. The minimum absolute atomic E-state index is 0.0141. The van der Waals surface area contributed by atoms with Gasteiger partial charge in [0.2, 0.25) is 5.91 Å². The van der Waals surface area contributed by atoms with E-state index in [9.17, 15) is 49.1 Å². The standard InChI is InChI=1S/C28H27FN2O9/c1-31(2)21-15-9-11-8-13-12(10-3-5-16(29)14(7-10)27(38)39)4-6-17(32)19(13)22(33)18(11)24(35)28(15,40)25(36)20(23(21)34)26(30)37/h3-7,11,15,20-21,23,32,34-35,40H,8-9H2,1-2H3,(H2,30,37)(H,38,39)/t11?,15?,20?,21-,23?,28-/m0/s1. The van der Waals surface area contributed by atoms with Crippen molar-refractivity contribution in [2.45, 2.75) is 30.6 Å². The number of phenols is 1. The molecule has 210 valence electrons. The molecule has 1 amide bonds. The van der Waals surface area contributed by atoms with Gasteiger partial charge in [0, 0.05) is 17.5 Å². The van der Waals surface area contributed by atoms with Gasteiger partial charge in [0.15, 0.2) is 17.2 Å². The number of likely N-dealkylation sites (N-methyl/N-ethyl adjacent to an activating group) is 1. The second-order valence-corrected chi connectivity index (χ2v) is 10.8. The summed E-state index contributed by atoms with van der Waals surface area (Å²) >= 11 is 0. The molecule has 0 heterocycles. The Morgan fingerprint density at radius 2 is 1.80 bits per heavy atom. The van der Waals surface area contributed by atoms with Crippen molar-refractivity contribution in [1.82, 2.24) is 4.90 Å². The lowest BCUT2D eigenvalue weighted by Gasteiger charge is -2.53. The molecule has 0 saturated heterocycles. The molecule has 0 spiro atoms. The Morgan fingerprint density at radius 3 is 2.40 bits per heavy atom. The van der Waals surface area contributed by atoms with E-state index in [1.54, 1.807) is 14.1 Å². The van der Waals surface area contributed by atoms with E-state index in [-0.39, 0.29) is 29.5 Å². The first-order chi connectivity index (χ1) is 18.7. The fourth-order valence-corrected chi connectivity index (χ4v) is 6.73. The summed E-state index contributed by atoms with van der Waals surface area (Å²) in [4.78, 5) is 52.4. The number of halogens is 1. The maximum atomic E-state index is 14.1. The van der Waals surface area contributed by atoms with Gasteiger partial charge in [0.25, 0.3) is 0 Å². The van der Waals surface area contributed by atoms with E-state index >= 15 is 0 Å². The summed E-state index contributed by atoms with van der Waals surface area (Å²) in [5.74, 6) is -10.9. The van der Waals surface area contributed by atoms with Gasteiger partial charge in [0.05, 0.1) is 17.2 Å². The summed E-state index contributed by atoms with van der Waals surface area (Å²) in [6.45, 7) is 0. The Hall–Kier alpha value is -4.13. The largest absolute Gasteiger partial charge is 0.508 e. The van der Waals surface area contributed by atoms with E-state index in [1.807, 2.05) is 0 Å². The summed E-state index contributed by atoms with van der Waals surface area (Å²) < 4.78 is 14.1. The van der Waals surface area contributed by atoms with Crippen molar-refractivity contribution in [3.05, 3.63) is 64.2 Å². The number of hydrogen-bond acceptors (Lipinski definition) is 9. The predicted octanol–water partition coefficient (Wildman–Crippen LogP) is 0.790. The van der Waals surface area contributed by atoms with Crippen molar-refractivity contribution in [3.63, 3.8) is 0 Å². The molecule has 2 aromatic rings. The number of amides is 1. The molecule has 0 aromatic heterocycles. The molecule has 0 radical (unpaired) electrons. The quantitative estimate of drug-likeness (QED) is 0.294. The summed E-state index contributed by atoms with van der Waals surface area (Å²) in [6.07, 6.45) is -1.66. The smallest absolute Gasteiger partial charge is 0.338 e. The van der Waals surface area contributed by atoms with Crippen molar-refractivity contribution < 1.29 is 49.1 Å². The average molecular weight is 555 g/mol. The molecule has 0 aliphatic heterocycles. The second-order valence-electron chi connectivity index (χ2n) is 10.8.